The molecule has 1 aromatic heterocycles. The van der Waals surface area contributed by atoms with Crippen LogP contribution in [0.25, 0.3) is 0 Å². The first-order valence-corrected chi connectivity index (χ1v) is 14.6. The fourth-order valence-electron chi connectivity index (χ4n) is 6.13. The first-order valence-electron chi connectivity index (χ1n) is 14.6. The summed E-state index contributed by atoms with van der Waals surface area (Å²) in [6.07, 6.45) is 2.66. The van der Waals surface area contributed by atoms with E-state index in [0.717, 1.165) is 17.2 Å². The highest BCUT2D eigenvalue weighted by Crippen LogP contribution is 2.41. The highest BCUT2D eigenvalue weighted by Gasteiger charge is 2.34. The zero-order valence-corrected chi connectivity index (χ0v) is 23.4. The van der Waals surface area contributed by atoms with Crippen molar-refractivity contribution in [2.45, 2.75) is 37.1 Å². The van der Waals surface area contributed by atoms with Gasteiger partial charge in [0, 0.05) is 12.1 Å². The van der Waals surface area contributed by atoms with Crippen molar-refractivity contribution in [3.8, 4) is 0 Å². The van der Waals surface area contributed by atoms with E-state index in [1.54, 1.807) is 0 Å². The average Bonchev–Trinajstić information content (AvgIpc) is 3.67. The molecule has 42 heavy (non-hydrogen) atoms. The van der Waals surface area contributed by atoms with Gasteiger partial charge in [0.05, 0.1) is 30.7 Å². The fourth-order valence-corrected chi connectivity index (χ4v) is 6.13. The molecular weight excluding hydrogens is 514 g/mol. The van der Waals surface area contributed by atoms with Gasteiger partial charge in [-0.3, -0.25) is 15.0 Å². The number of aliphatic imine (C=N–C) groups is 2. The fraction of sp³-hybridized carbons (Fsp3) is 0.162. The van der Waals surface area contributed by atoms with Gasteiger partial charge in [-0.2, -0.15) is 0 Å². The standard InChI is InChI=1S/C37H33N5/c1-5-14-27(15-6-1)34-35(28-16-7-2-8-17-28)41-33(40-34)24-31-22-13-23-32(39-31)25-42-26-38-36(29-18-9-3-10-19-29)37(42)30-20-11-4-12-21-30/h1-23,26,34-37H,24-25H2,(H,40,41). The van der Waals surface area contributed by atoms with Crippen LogP contribution in [0.4, 0.5) is 0 Å². The third-order valence-corrected chi connectivity index (χ3v) is 8.10. The molecule has 4 aromatic carbocycles. The van der Waals surface area contributed by atoms with Crippen molar-refractivity contribution in [3.05, 3.63) is 173 Å². The van der Waals surface area contributed by atoms with E-state index in [1.165, 1.54) is 22.3 Å². The number of amidine groups is 1. The second-order valence-electron chi connectivity index (χ2n) is 10.9. The maximum absolute atomic E-state index is 5.17. The number of hydrogen-bond donors (Lipinski definition) is 1. The molecule has 0 amide bonds. The van der Waals surface area contributed by atoms with Crippen molar-refractivity contribution in [3.63, 3.8) is 0 Å². The van der Waals surface area contributed by atoms with E-state index < -0.39 is 0 Å². The Morgan fingerprint density at radius 2 is 1.10 bits per heavy atom. The van der Waals surface area contributed by atoms with Crippen LogP contribution in [-0.2, 0) is 13.0 Å². The van der Waals surface area contributed by atoms with Gasteiger partial charge in [0.2, 0.25) is 0 Å². The summed E-state index contributed by atoms with van der Waals surface area (Å²) in [4.78, 5) is 17.6. The molecule has 7 rings (SSSR count). The maximum atomic E-state index is 5.17. The van der Waals surface area contributed by atoms with Gasteiger partial charge in [-0.15, -0.1) is 0 Å². The third kappa shape index (κ3) is 5.46. The molecule has 0 bridgehead atoms. The van der Waals surface area contributed by atoms with Crippen LogP contribution < -0.4 is 5.32 Å². The molecule has 0 saturated carbocycles. The van der Waals surface area contributed by atoms with E-state index in [2.05, 4.69) is 150 Å². The van der Waals surface area contributed by atoms with Crippen LogP contribution in [0.15, 0.2) is 150 Å². The Labute approximate surface area is 247 Å². The summed E-state index contributed by atoms with van der Waals surface area (Å²) in [5, 5.41) is 3.73. The summed E-state index contributed by atoms with van der Waals surface area (Å²) >= 11 is 0. The molecule has 0 radical (unpaired) electrons. The Hall–Kier alpha value is -5.03. The van der Waals surface area contributed by atoms with Crippen LogP contribution in [0.2, 0.25) is 0 Å². The van der Waals surface area contributed by atoms with E-state index in [9.17, 15) is 0 Å². The van der Waals surface area contributed by atoms with Gasteiger partial charge in [0.25, 0.3) is 0 Å². The molecule has 5 heteroatoms. The SMILES string of the molecule is C1=NC(c2ccccc2)C(c2ccccc2)N1Cc1cccc(CC2=NC(c3ccccc3)C(c3ccccc3)N2)n1. The quantitative estimate of drug-likeness (QED) is 0.220. The van der Waals surface area contributed by atoms with Crippen molar-refractivity contribution >= 4 is 12.2 Å². The number of nitrogens with one attached hydrogen (secondary N) is 1. The van der Waals surface area contributed by atoms with Gasteiger partial charge >= 0.3 is 0 Å². The highest BCUT2D eigenvalue weighted by atomic mass is 15.3. The predicted molar refractivity (Wildman–Crippen MR) is 169 cm³/mol. The van der Waals surface area contributed by atoms with Crippen molar-refractivity contribution in [1.82, 2.24) is 15.2 Å². The minimum Gasteiger partial charge on any atom is -0.364 e. The number of benzene rings is 4. The first-order chi connectivity index (χ1) is 20.8. The average molecular weight is 548 g/mol. The summed E-state index contributed by atoms with van der Waals surface area (Å²) in [6.45, 7) is 0.680. The summed E-state index contributed by atoms with van der Waals surface area (Å²) in [5.41, 5.74) is 6.95. The van der Waals surface area contributed by atoms with Crippen molar-refractivity contribution in [1.29, 1.82) is 0 Å². The minimum atomic E-state index is 0.0224. The Morgan fingerprint density at radius 3 is 1.74 bits per heavy atom. The minimum absolute atomic E-state index is 0.0224. The summed E-state index contributed by atoms with van der Waals surface area (Å²) in [7, 11) is 0. The zero-order valence-electron chi connectivity index (χ0n) is 23.4. The van der Waals surface area contributed by atoms with Crippen LogP contribution in [0.1, 0.15) is 57.8 Å². The molecule has 0 spiro atoms. The highest BCUT2D eigenvalue weighted by molar-refractivity contribution is 5.86. The van der Waals surface area contributed by atoms with Crippen LogP contribution in [0, 0.1) is 0 Å². The van der Waals surface area contributed by atoms with Crippen LogP contribution in [0.5, 0.6) is 0 Å². The number of hydrogen-bond acceptors (Lipinski definition) is 5. The number of aromatic nitrogens is 1. The molecule has 2 aliphatic rings. The molecule has 0 aliphatic carbocycles. The van der Waals surface area contributed by atoms with Gasteiger partial charge < -0.3 is 10.2 Å². The molecule has 2 aliphatic heterocycles. The van der Waals surface area contributed by atoms with Crippen molar-refractivity contribution in [2.24, 2.45) is 9.98 Å². The van der Waals surface area contributed by atoms with Crippen LogP contribution in [0.3, 0.4) is 0 Å². The van der Waals surface area contributed by atoms with E-state index in [-0.39, 0.29) is 24.2 Å². The Morgan fingerprint density at radius 1 is 0.548 bits per heavy atom. The third-order valence-electron chi connectivity index (χ3n) is 8.10. The van der Waals surface area contributed by atoms with Gasteiger partial charge in [-0.1, -0.05) is 127 Å². The van der Waals surface area contributed by atoms with Gasteiger partial charge in [0.15, 0.2) is 0 Å². The Bertz CT molecular complexity index is 1670. The Kier molecular flexibility index (Phi) is 7.30. The lowest BCUT2D eigenvalue weighted by molar-refractivity contribution is 0.307. The van der Waals surface area contributed by atoms with Crippen molar-refractivity contribution in [2.75, 3.05) is 0 Å². The van der Waals surface area contributed by atoms with E-state index in [0.29, 0.717) is 13.0 Å². The number of nitrogens with zero attached hydrogens (tertiary/aromatic N) is 4. The lowest BCUT2D eigenvalue weighted by Gasteiger charge is -2.28. The van der Waals surface area contributed by atoms with Crippen molar-refractivity contribution < 1.29 is 0 Å². The molecule has 5 aromatic rings. The van der Waals surface area contributed by atoms with Gasteiger partial charge in [-0.25, -0.2) is 0 Å². The second-order valence-corrected chi connectivity index (χ2v) is 10.9. The Balaban J connectivity index is 1.12. The monoisotopic (exact) mass is 547 g/mol. The zero-order chi connectivity index (χ0) is 28.1. The maximum Gasteiger partial charge on any atom is 0.104 e. The molecule has 4 unspecified atom stereocenters. The molecule has 5 nitrogen and oxygen atoms in total. The number of rotatable bonds is 8. The predicted octanol–water partition coefficient (Wildman–Crippen LogP) is 7.43. The summed E-state index contributed by atoms with van der Waals surface area (Å²) in [6, 6.07) is 49.0. The molecule has 3 heterocycles. The van der Waals surface area contributed by atoms with Gasteiger partial charge in [0.1, 0.15) is 17.9 Å². The topological polar surface area (TPSA) is 52.9 Å². The molecule has 0 saturated heterocycles. The van der Waals surface area contributed by atoms with E-state index in [1.807, 2.05) is 6.34 Å². The molecule has 1 N–H and O–H groups in total. The molecule has 4 atom stereocenters. The summed E-state index contributed by atoms with van der Waals surface area (Å²) < 4.78 is 0. The van der Waals surface area contributed by atoms with Crippen LogP contribution >= 0.6 is 0 Å². The molecular formula is C37H33N5. The lowest BCUT2D eigenvalue weighted by atomic mass is 9.94. The molecule has 206 valence electrons. The smallest absolute Gasteiger partial charge is 0.104 e. The lowest BCUT2D eigenvalue weighted by Crippen LogP contribution is -2.27. The largest absolute Gasteiger partial charge is 0.364 e. The van der Waals surface area contributed by atoms with E-state index >= 15 is 0 Å². The van der Waals surface area contributed by atoms with Crippen LogP contribution in [-0.4, -0.2) is 22.1 Å². The van der Waals surface area contributed by atoms with Gasteiger partial charge in [-0.05, 0) is 34.4 Å². The summed E-state index contributed by atoms with van der Waals surface area (Å²) in [5.74, 6) is 0.969. The van der Waals surface area contributed by atoms with E-state index in [4.69, 9.17) is 15.0 Å². The second kappa shape index (κ2) is 11.8. The first kappa shape index (κ1) is 25.9. The normalized spacial score (nSPS) is 21.2. The number of pyridine rings is 1. The molecule has 0 fully saturated rings.